The number of benzene rings is 2. The average Bonchev–Trinajstić information content (AvgIpc) is 3.04. The Bertz CT molecular complexity index is 996. The van der Waals surface area contributed by atoms with Crippen LogP contribution in [0.25, 0.3) is 0 Å². The van der Waals surface area contributed by atoms with E-state index < -0.39 is 0 Å². The number of carbonyl (C=O) groups is 1. The number of halogens is 1. The Labute approximate surface area is 175 Å². The lowest BCUT2D eigenvalue weighted by Crippen LogP contribution is -2.26. The van der Waals surface area contributed by atoms with Crippen LogP contribution >= 0.6 is 11.6 Å². The molecule has 1 aromatic heterocycles. The first kappa shape index (κ1) is 20.7. The number of methoxy groups -OCH3 is 1. The van der Waals surface area contributed by atoms with Gasteiger partial charge < -0.3 is 18.9 Å². The van der Waals surface area contributed by atoms with Crippen molar-refractivity contribution >= 4 is 17.5 Å². The number of aryl methyl sites for hydroxylation is 2. The number of aromatic nitrogens is 1. The third-order valence-electron chi connectivity index (χ3n) is 4.68. The van der Waals surface area contributed by atoms with E-state index in [4.69, 9.17) is 25.6 Å². The number of ether oxygens (including phenoxy) is 2. The minimum Gasteiger partial charge on any atom is -0.493 e. The van der Waals surface area contributed by atoms with Gasteiger partial charge in [-0.2, -0.15) is 0 Å². The lowest BCUT2D eigenvalue weighted by Gasteiger charge is -2.19. The minimum atomic E-state index is -0.138. The van der Waals surface area contributed by atoms with Crippen molar-refractivity contribution in [2.45, 2.75) is 27.0 Å². The SMILES string of the molecule is COc1cc(C(=O)N(C)Cc2ccccc2Cl)ccc1OCc1c(C)noc1C. The van der Waals surface area contributed by atoms with Gasteiger partial charge in [-0.15, -0.1) is 0 Å². The molecule has 0 spiro atoms. The van der Waals surface area contributed by atoms with Crippen LogP contribution in [0.4, 0.5) is 0 Å². The van der Waals surface area contributed by atoms with Gasteiger partial charge in [-0.05, 0) is 43.7 Å². The summed E-state index contributed by atoms with van der Waals surface area (Å²) in [6.45, 7) is 4.41. The fourth-order valence-electron chi connectivity index (χ4n) is 2.95. The van der Waals surface area contributed by atoms with Crippen molar-refractivity contribution in [3.05, 3.63) is 75.6 Å². The fraction of sp³-hybridized carbons (Fsp3) is 0.273. The molecule has 0 atom stereocenters. The summed E-state index contributed by atoms with van der Waals surface area (Å²) in [5.74, 6) is 1.60. The number of amides is 1. The summed E-state index contributed by atoms with van der Waals surface area (Å²) < 4.78 is 16.5. The van der Waals surface area contributed by atoms with E-state index in [1.165, 1.54) is 0 Å². The summed E-state index contributed by atoms with van der Waals surface area (Å²) in [4.78, 5) is 14.5. The highest BCUT2D eigenvalue weighted by Gasteiger charge is 2.17. The molecule has 3 rings (SSSR count). The molecular weight excluding hydrogens is 392 g/mol. The van der Waals surface area contributed by atoms with E-state index in [0.29, 0.717) is 35.2 Å². The normalized spacial score (nSPS) is 10.7. The van der Waals surface area contributed by atoms with E-state index in [1.807, 2.05) is 38.1 Å². The maximum Gasteiger partial charge on any atom is 0.254 e. The number of hydrogen-bond donors (Lipinski definition) is 0. The fourth-order valence-corrected chi connectivity index (χ4v) is 3.15. The zero-order chi connectivity index (χ0) is 21.0. The van der Waals surface area contributed by atoms with Crippen molar-refractivity contribution in [2.24, 2.45) is 0 Å². The van der Waals surface area contributed by atoms with Gasteiger partial charge in [0.05, 0.1) is 18.4 Å². The van der Waals surface area contributed by atoms with Crippen LogP contribution in [0.1, 0.15) is 32.9 Å². The van der Waals surface area contributed by atoms with Crippen molar-refractivity contribution in [1.29, 1.82) is 0 Å². The number of nitrogens with zero attached hydrogens (tertiary/aromatic N) is 2. The van der Waals surface area contributed by atoms with E-state index >= 15 is 0 Å². The standard InChI is InChI=1S/C22H23ClN2O4/c1-14-18(15(2)29-24-14)13-28-20-10-9-16(11-21(20)27-4)22(26)25(3)12-17-7-5-6-8-19(17)23/h5-11H,12-13H2,1-4H3. The third kappa shape index (κ3) is 4.71. The van der Waals surface area contributed by atoms with Crippen LogP contribution in [0.15, 0.2) is 47.0 Å². The highest BCUT2D eigenvalue weighted by atomic mass is 35.5. The largest absolute Gasteiger partial charge is 0.493 e. The van der Waals surface area contributed by atoms with Crippen molar-refractivity contribution in [2.75, 3.05) is 14.2 Å². The summed E-state index contributed by atoms with van der Waals surface area (Å²) in [6.07, 6.45) is 0. The quantitative estimate of drug-likeness (QED) is 0.555. The van der Waals surface area contributed by atoms with Gasteiger partial charge in [0.1, 0.15) is 12.4 Å². The van der Waals surface area contributed by atoms with Crippen LogP contribution in [0, 0.1) is 13.8 Å². The number of carbonyl (C=O) groups excluding carboxylic acids is 1. The molecule has 0 radical (unpaired) electrons. The second-order valence-electron chi connectivity index (χ2n) is 6.71. The second kappa shape index (κ2) is 9.01. The smallest absolute Gasteiger partial charge is 0.254 e. The molecule has 0 unspecified atom stereocenters. The van der Waals surface area contributed by atoms with Crippen LogP contribution in [0.3, 0.4) is 0 Å². The van der Waals surface area contributed by atoms with Crippen molar-refractivity contribution in [1.82, 2.24) is 10.1 Å². The highest BCUT2D eigenvalue weighted by molar-refractivity contribution is 6.31. The number of hydrogen-bond acceptors (Lipinski definition) is 5. The topological polar surface area (TPSA) is 64.8 Å². The van der Waals surface area contributed by atoms with Crippen LogP contribution in [0.2, 0.25) is 5.02 Å². The van der Waals surface area contributed by atoms with E-state index in [2.05, 4.69) is 5.16 Å². The van der Waals surface area contributed by atoms with Crippen LogP contribution in [0.5, 0.6) is 11.5 Å². The molecule has 6 nitrogen and oxygen atoms in total. The van der Waals surface area contributed by atoms with Gasteiger partial charge in [0.2, 0.25) is 0 Å². The van der Waals surface area contributed by atoms with Gasteiger partial charge in [-0.25, -0.2) is 0 Å². The Morgan fingerprint density at radius 2 is 1.93 bits per heavy atom. The van der Waals surface area contributed by atoms with Gasteiger partial charge in [0, 0.05) is 24.2 Å². The Balaban J connectivity index is 1.73. The summed E-state index contributed by atoms with van der Waals surface area (Å²) in [7, 11) is 3.28. The molecule has 1 heterocycles. The summed E-state index contributed by atoms with van der Waals surface area (Å²) in [5, 5.41) is 4.55. The van der Waals surface area contributed by atoms with Crippen molar-refractivity contribution in [3.63, 3.8) is 0 Å². The molecular formula is C22H23ClN2O4. The molecule has 0 fully saturated rings. The Morgan fingerprint density at radius 1 is 1.17 bits per heavy atom. The molecule has 0 saturated heterocycles. The molecule has 0 bridgehead atoms. The zero-order valence-electron chi connectivity index (χ0n) is 16.9. The average molecular weight is 415 g/mol. The maximum absolute atomic E-state index is 12.8. The molecule has 29 heavy (non-hydrogen) atoms. The van der Waals surface area contributed by atoms with E-state index in [1.54, 1.807) is 37.3 Å². The Kier molecular flexibility index (Phi) is 6.44. The summed E-state index contributed by atoms with van der Waals surface area (Å²) in [6, 6.07) is 12.6. The molecule has 0 aliphatic rings. The van der Waals surface area contributed by atoms with E-state index in [0.717, 1.165) is 22.6 Å². The summed E-state index contributed by atoms with van der Waals surface area (Å²) in [5.41, 5.74) is 3.07. The van der Waals surface area contributed by atoms with Crippen LogP contribution in [-0.4, -0.2) is 30.1 Å². The predicted octanol–water partition coefficient (Wildman–Crippen LogP) is 4.80. The van der Waals surface area contributed by atoms with Crippen molar-refractivity contribution in [3.8, 4) is 11.5 Å². The Morgan fingerprint density at radius 3 is 2.59 bits per heavy atom. The first-order valence-corrected chi connectivity index (χ1v) is 9.50. The molecule has 1 amide bonds. The molecule has 152 valence electrons. The molecule has 0 saturated carbocycles. The van der Waals surface area contributed by atoms with Gasteiger partial charge >= 0.3 is 0 Å². The molecule has 2 aromatic carbocycles. The minimum absolute atomic E-state index is 0.138. The first-order chi connectivity index (χ1) is 13.9. The maximum atomic E-state index is 12.8. The third-order valence-corrected chi connectivity index (χ3v) is 5.04. The van der Waals surface area contributed by atoms with Gasteiger partial charge in [0.25, 0.3) is 5.91 Å². The lowest BCUT2D eigenvalue weighted by molar-refractivity contribution is 0.0784. The lowest BCUT2D eigenvalue weighted by atomic mass is 10.1. The zero-order valence-corrected chi connectivity index (χ0v) is 17.6. The highest BCUT2D eigenvalue weighted by Crippen LogP contribution is 2.30. The first-order valence-electron chi connectivity index (χ1n) is 9.12. The second-order valence-corrected chi connectivity index (χ2v) is 7.12. The van der Waals surface area contributed by atoms with E-state index in [9.17, 15) is 4.79 Å². The molecule has 3 aromatic rings. The van der Waals surface area contributed by atoms with Crippen LogP contribution < -0.4 is 9.47 Å². The number of rotatable bonds is 7. The molecule has 0 aliphatic carbocycles. The monoisotopic (exact) mass is 414 g/mol. The molecule has 7 heteroatoms. The van der Waals surface area contributed by atoms with Crippen LogP contribution in [-0.2, 0) is 13.2 Å². The summed E-state index contributed by atoms with van der Waals surface area (Å²) >= 11 is 6.20. The molecule has 0 aliphatic heterocycles. The van der Waals surface area contributed by atoms with Gasteiger partial charge in [0.15, 0.2) is 11.5 Å². The van der Waals surface area contributed by atoms with Gasteiger partial charge in [-0.1, -0.05) is 35.0 Å². The predicted molar refractivity (Wildman–Crippen MR) is 111 cm³/mol. The molecule has 0 N–H and O–H groups in total. The Hall–Kier alpha value is -2.99. The van der Waals surface area contributed by atoms with E-state index in [-0.39, 0.29) is 5.91 Å². The van der Waals surface area contributed by atoms with Crippen molar-refractivity contribution < 1.29 is 18.8 Å². The van der Waals surface area contributed by atoms with Gasteiger partial charge in [-0.3, -0.25) is 4.79 Å².